The Bertz CT molecular complexity index is 723. The molecule has 0 radical (unpaired) electrons. The Morgan fingerprint density at radius 3 is 2.77 bits per heavy atom. The average Bonchev–Trinajstić information content (AvgIpc) is 3.35. The van der Waals surface area contributed by atoms with Crippen molar-refractivity contribution in [3.63, 3.8) is 0 Å². The summed E-state index contributed by atoms with van der Waals surface area (Å²) in [7, 11) is 0. The zero-order valence-corrected chi connectivity index (χ0v) is 15.0. The van der Waals surface area contributed by atoms with Gasteiger partial charge in [-0.25, -0.2) is 4.79 Å². The SMILES string of the molecule is O=C1NCCN1CCNC1CCN(c2cccc(-c3ccco3)c2)CC1. The molecule has 26 heavy (non-hydrogen) atoms. The summed E-state index contributed by atoms with van der Waals surface area (Å²) >= 11 is 0. The van der Waals surface area contributed by atoms with E-state index >= 15 is 0 Å². The highest BCUT2D eigenvalue weighted by Crippen LogP contribution is 2.27. The molecule has 0 saturated carbocycles. The zero-order chi connectivity index (χ0) is 17.8. The molecule has 138 valence electrons. The van der Waals surface area contributed by atoms with Crippen molar-refractivity contribution in [2.45, 2.75) is 18.9 Å². The smallest absolute Gasteiger partial charge is 0.317 e. The van der Waals surface area contributed by atoms with Gasteiger partial charge in [-0.15, -0.1) is 0 Å². The molecule has 3 heterocycles. The van der Waals surface area contributed by atoms with Gasteiger partial charge in [0, 0.05) is 56.6 Å². The fourth-order valence-corrected chi connectivity index (χ4v) is 3.77. The van der Waals surface area contributed by atoms with Crippen molar-refractivity contribution in [1.82, 2.24) is 15.5 Å². The van der Waals surface area contributed by atoms with Gasteiger partial charge in [-0.05, 0) is 37.1 Å². The number of carbonyl (C=O) groups excluding carboxylic acids is 1. The van der Waals surface area contributed by atoms with Crippen LogP contribution in [0, 0.1) is 0 Å². The molecule has 2 N–H and O–H groups in total. The van der Waals surface area contributed by atoms with Gasteiger partial charge >= 0.3 is 6.03 Å². The molecule has 6 heteroatoms. The van der Waals surface area contributed by atoms with Gasteiger partial charge in [-0.2, -0.15) is 0 Å². The van der Waals surface area contributed by atoms with Crippen molar-refractivity contribution in [2.24, 2.45) is 0 Å². The second-order valence-electron chi connectivity index (χ2n) is 6.96. The van der Waals surface area contributed by atoms with E-state index in [0.29, 0.717) is 6.04 Å². The van der Waals surface area contributed by atoms with E-state index in [1.165, 1.54) is 5.69 Å². The molecule has 6 nitrogen and oxygen atoms in total. The third-order valence-corrected chi connectivity index (χ3v) is 5.27. The Balaban J connectivity index is 1.26. The monoisotopic (exact) mass is 354 g/mol. The number of piperidine rings is 1. The predicted molar refractivity (Wildman–Crippen MR) is 102 cm³/mol. The van der Waals surface area contributed by atoms with Crippen molar-refractivity contribution in [3.8, 4) is 11.3 Å². The number of carbonyl (C=O) groups is 1. The summed E-state index contributed by atoms with van der Waals surface area (Å²) < 4.78 is 5.51. The molecule has 0 spiro atoms. The molecular weight excluding hydrogens is 328 g/mol. The Labute approximate surface area is 154 Å². The maximum absolute atomic E-state index is 11.5. The Morgan fingerprint density at radius 1 is 1.15 bits per heavy atom. The number of amides is 2. The number of anilines is 1. The minimum atomic E-state index is 0.0676. The van der Waals surface area contributed by atoms with Crippen molar-refractivity contribution < 1.29 is 9.21 Å². The lowest BCUT2D eigenvalue weighted by atomic mass is 10.0. The first-order chi connectivity index (χ1) is 12.8. The van der Waals surface area contributed by atoms with Crippen LogP contribution in [0.3, 0.4) is 0 Å². The van der Waals surface area contributed by atoms with Crippen LogP contribution in [0.4, 0.5) is 10.5 Å². The summed E-state index contributed by atoms with van der Waals surface area (Å²) in [6.07, 6.45) is 3.96. The first-order valence-electron chi connectivity index (χ1n) is 9.45. The highest BCUT2D eigenvalue weighted by Gasteiger charge is 2.21. The normalized spacial score (nSPS) is 18.4. The van der Waals surface area contributed by atoms with Crippen LogP contribution in [-0.2, 0) is 0 Å². The number of hydrogen-bond acceptors (Lipinski definition) is 4. The molecule has 2 fully saturated rings. The summed E-state index contributed by atoms with van der Waals surface area (Å²) in [5, 5.41) is 6.45. The second kappa shape index (κ2) is 7.83. The minimum Gasteiger partial charge on any atom is -0.464 e. The van der Waals surface area contributed by atoms with Crippen LogP contribution in [0.1, 0.15) is 12.8 Å². The van der Waals surface area contributed by atoms with E-state index in [9.17, 15) is 4.79 Å². The van der Waals surface area contributed by atoms with Crippen molar-refractivity contribution in [3.05, 3.63) is 42.7 Å². The van der Waals surface area contributed by atoms with Crippen LogP contribution in [0.5, 0.6) is 0 Å². The van der Waals surface area contributed by atoms with Crippen LogP contribution in [0.2, 0.25) is 0 Å². The highest BCUT2D eigenvalue weighted by atomic mass is 16.3. The summed E-state index contributed by atoms with van der Waals surface area (Å²) in [5.41, 5.74) is 2.38. The predicted octanol–water partition coefficient (Wildman–Crippen LogP) is 2.53. The molecule has 1 aromatic heterocycles. The molecule has 2 aliphatic rings. The van der Waals surface area contributed by atoms with E-state index in [-0.39, 0.29) is 6.03 Å². The van der Waals surface area contributed by atoms with Gasteiger partial charge < -0.3 is 24.9 Å². The number of urea groups is 1. The standard InChI is InChI=1S/C20H26N4O2/c25-20-22-9-13-24(20)12-8-21-17-6-10-23(11-7-17)18-4-1-3-16(15-18)19-5-2-14-26-19/h1-5,14-15,17,21H,6-13H2,(H,22,25). The van der Waals surface area contributed by atoms with Crippen molar-refractivity contribution >= 4 is 11.7 Å². The summed E-state index contributed by atoms with van der Waals surface area (Å²) in [6.45, 7) is 5.34. The molecule has 4 rings (SSSR count). The molecule has 2 amide bonds. The maximum Gasteiger partial charge on any atom is 0.317 e. The van der Waals surface area contributed by atoms with Crippen LogP contribution in [-0.4, -0.2) is 56.2 Å². The Morgan fingerprint density at radius 2 is 2.04 bits per heavy atom. The number of benzene rings is 1. The van der Waals surface area contributed by atoms with Crippen molar-refractivity contribution in [2.75, 3.05) is 44.2 Å². The number of nitrogens with zero attached hydrogens (tertiary/aromatic N) is 2. The van der Waals surface area contributed by atoms with Gasteiger partial charge in [0.25, 0.3) is 0 Å². The van der Waals surface area contributed by atoms with E-state index in [1.807, 2.05) is 17.0 Å². The summed E-state index contributed by atoms with van der Waals surface area (Å²) in [4.78, 5) is 15.9. The lowest BCUT2D eigenvalue weighted by Gasteiger charge is -2.34. The first kappa shape index (κ1) is 17.0. The zero-order valence-electron chi connectivity index (χ0n) is 15.0. The van der Waals surface area contributed by atoms with E-state index in [4.69, 9.17) is 4.42 Å². The molecule has 0 aliphatic carbocycles. The molecule has 2 saturated heterocycles. The van der Waals surface area contributed by atoms with Gasteiger partial charge in [0.05, 0.1) is 6.26 Å². The van der Waals surface area contributed by atoms with E-state index in [1.54, 1.807) is 6.26 Å². The Hall–Kier alpha value is -2.47. The lowest BCUT2D eigenvalue weighted by Crippen LogP contribution is -2.45. The van der Waals surface area contributed by atoms with Gasteiger partial charge in [-0.1, -0.05) is 12.1 Å². The van der Waals surface area contributed by atoms with E-state index < -0.39 is 0 Å². The maximum atomic E-state index is 11.5. The lowest BCUT2D eigenvalue weighted by molar-refractivity contribution is 0.216. The van der Waals surface area contributed by atoms with Crippen LogP contribution in [0.25, 0.3) is 11.3 Å². The summed E-state index contributed by atoms with van der Waals surface area (Å²) in [6, 6.07) is 13.1. The van der Waals surface area contributed by atoms with Gasteiger partial charge in [0.2, 0.25) is 0 Å². The summed E-state index contributed by atoms with van der Waals surface area (Å²) in [5.74, 6) is 0.911. The number of rotatable bonds is 6. The molecule has 2 aromatic rings. The number of hydrogen-bond donors (Lipinski definition) is 2. The van der Waals surface area contributed by atoms with Gasteiger partial charge in [0.1, 0.15) is 5.76 Å². The quantitative estimate of drug-likeness (QED) is 0.837. The minimum absolute atomic E-state index is 0.0676. The fraction of sp³-hybridized carbons (Fsp3) is 0.450. The van der Waals surface area contributed by atoms with Gasteiger partial charge in [-0.3, -0.25) is 0 Å². The third-order valence-electron chi connectivity index (χ3n) is 5.27. The third kappa shape index (κ3) is 3.85. The van der Waals surface area contributed by atoms with Crippen molar-refractivity contribution in [1.29, 1.82) is 0 Å². The molecule has 2 aliphatic heterocycles. The molecule has 0 unspecified atom stereocenters. The molecular formula is C20H26N4O2. The Kier molecular flexibility index (Phi) is 5.11. The first-order valence-corrected chi connectivity index (χ1v) is 9.45. The number of nitrogens with one attached hydrogen (secondary N) is 2. The topological polar surface area (TPSA) is 60.8 Å². The van der Waals surface area contributed by atoms with E-state index in [2.05, 4.69) is 39.8 Å². The van der Waals surface area contributed by atoms with Crippen LogP contribution in [0.15, 0.2) is 47.1 Å². The molecule has 0 atom stereocenters. The van der Waals surface area contributed by atoms with Crippen LogP contribution < -0.4 is 15.5 Å². The molecule has 1 aromatic carbocycles. The molecule has 0 bridgehead atoms. The largest absolute Gasteiger partial charge is 0.464 e. The van der Waals surface area contributed by atoms with Gasteiger partial charge in [0.15, 0.2) is 0 Å². The van der Waals surface area contributed by atoms with E-state index in [0.717, 1.165) is 63.4 Å². The fourth-order valence-electron chi connectivity index (χ4n) is 3.77. The highest BCUT2D eigenvalue weighted by molar-refractivity contribution is 5.76. The second-order valence-corrected chi connectivity index (χ2v) is 6.96. The van der Waals surface area contributed by atoms with Crippen LogP contribution >= 0.6 is 0 Å². The average molecular weight is 354 g/mol. The number of furan rings is 1.